The molecular formula is C29H29NO5. The number of hydrogen-bond acceptors (Lipinski definition) is 5. The largest absolute Gasteiger partial charge is 0.497 e. The van der Waals surface area contributed by atoms with Crippen LogP contribution in [0.4, 0.5) is 5.69 Å². The predicted molar refractivity (Wildman–Crippen MR) is 137 cm³/mol. The van der Waals surface area contributed by atoms with E-state index in [1.54, 1.807) is 30.3 Å². The number of ketones is 1. The number of aryl methyl sites for hydroxylation is 1. The SMILES string of the molecule is COc1ccc(OC)c(C(=O)c2oc3cc(NC(=O)c4ccc(C(C)(C)C)cc4)ccc3c2C)c1. The van der Waals surface area contributed by atoms with Crippen LogP contribution in [0.15, 0.2) is 65.1 Å². The van der Waals surface area contributed by atoms with E-state index in [-0.39, 0.29) is 22.9 Å². The van der Waals surface area contributed by atoms with Crippen molar-refractivity contribution in [2.45, 2.75) is 33.1 Å². The highest BCUT2D eigenvalue weighted by molar-refractivity contribution is 6.12. The number of fused-ring (bicyclic) bond motifs is 1. The average Bonchev–Trinajstić information content (AvgIpc) is 3.18. The zero-order chi connectivity index (χ0) is 25.3. The number of methoxy groups -OCH3 is 2. The van der Waals surface area contributed by atoms with Gasteiger partial charge in [0.05, 0.1) is 19.8 Å². The number of furan rings is 1. The molecule has 6 nitrogen and oxygen atoms in total. The molecule has 35 heavy (non-hydrogen) atoms. The second-order valence-corrected chi connectivity index (χ2v) is 9.44. The van der Waals surface area contributed by atoms with Crippen molar-refractivity contribution >= 4 is 28.3 Å². The highest BCUT2D eigenvalue weighted by atomic mass is 16.5. The Morgan fingerprint density at radius 1 is 0.886 bits per heavy atom. The summed E-state index contributed by atoms with van der Waals surface area (Å²) < 4.78 is 16.6. The van der Waals surface area contributed by atoms with Gasteiger partial charge in [-0.05, 0) is 60.4 Å². The van der Waals surface area contributed by atoms with Crippen LogP contribution in [0.2, 0.25) is 0 Å². The number of rotatable bonds is 6. The lowest BCUT2D eigenvalue weighted by Gasteiger charge is -2.19. The zero-order valence-corrected chi connectivity index (χ0v) is 20.8. The topological polar surface area (TPSA) is 77.8 Å². The second-order valence-electron chi connectivity index (χ2n) is 9.44. The number of carbonyl (C=O) groups is 2. The maximum Gasteiger partial charge on any atom is 0.255 e. The van der Waals surface area contributed by atoms with Gasteiger partial charge in [0.1, 0.15) is 17.1 Å². The molecule has 4 rings (SSSR count). The first-order chi connectivity index (χ1) is 16.6. The van der Waals surface area contributed by atoms with Crippen molar-refractivity contribution in [2.75, 3.05) is 19.5 Å². The minimum atomic E-state index is -0.307. The van der Waals surface area contributed by atoms with E-state index in [0.717, 1.165) is 10.9 Å². The van der Waals surface area contributed by atoms with Gasteiger partial charge in [-0.15, -0.1) is 0 Å². The van der Waals surface area contributed by atoms with E-state index < -0.39 is 0 Å². The van der Waals surface area contributed by atoms with Crippen LogP contribution in [0.3, 0.4) is 0 Å². The van der Waals surface area contributed by atoms with Crippen LogP contribution in [0.1, 0.15) is 58.4 Å². The van der Waals surface area contributed by atoms with Gasteiger partial charge in [0.2, 0.25) is 5.78 Å². The molecule has 0 radical (unpaired) electrons. The molecule has 0 atom stereocenters. The Bertz CT molecular complexity index is 1410. The van der Waals surface area contributed by atoms with Crippen molar-refractivity contribution in [1.29, 1.82) is 0 Å². The summed E-state index contributed by atoms with van der Waals surface area (Å²) >= 11 is 0. The quantitative estimate of drug-likeness (QED) is 0.323. The Hall–Kier alpha value is -4.06. The Morgan fingerprint density at radius 3 is 2.23 bits per heavy atom. The van der Waals surface area contributed by atoms with E-state index in [1.165, 1.54) is 14.2 Å². The van der Waals surface area contributed by atoms with E-state index in [9.17, 15) is 9.59 Å². The highest BCUT2D eigenvalue weighted by Gasteiger charge is 2.23. The average molecular weight is 472 g/mol. The molecule has 0 aliphatic carbocycles. The first-order valence-corrected chi connectivity index (χ1v) is 11.3. The van der Waals surface area contributed by atoms with Gasteiger partial charge in [-0.2, -0.15) is 0 Å². The van der Waals surface area contributed by atoms with Crippen molar-refractivity contribution in [3.8, 4) is 11.5 Å². The van der Waals surface area contributed by atoms with Gasteiger partial charge >= 0.3 is 0 Å². The van der Waals surface area contributed by atoms with Crippen molar-refractivity contribution in [3.05, 3.63) is 88.7 Å². The van der Waals surface area contributed by atoms with Crippen LogP contribution in [-0.2, 0) is 5.41 Å². The van der Waals surface area contributed by atoms with Crippen molar-refractivity contribution < 1.29 is 23.5 Å². The van der Waals surface area contributed by atoms with E-state index in [1.807, 2.05) is 37.3 Å². The zero-order valence-electron chi connectivity index (χ0n) is 20.8. The van der Waals surface area contributed by atoms with E-state index in [2.05, 4.69) is 26.1 Å². The van der Waals surface area contributed by atoms with Crippen molar-refractivity contribution in [3.63, 3.8) is 0 Å². The van der Waals surface area contributed by atoms with Gasteiger partial charge in [0.15, 0.2) is 5.76 Å². The third kappa shape index (κ3) is 4.78. The lowest BCUT2D eigenvalue weighted by atomic mass is 9.87. The van der Waals surface area contributed by atoms with Crippen LogP contribution >= 0.6 is 0 Å². The van der Waals surface area contributed by atoms with Crippen LogP contribution in [0.5, 0.6) is 11.5 Å². The minimum absolute atomic E-state index is 0.0151. The van der Waals surface area contributed by atoms with Crippen LogP contribution < -0.4 is 14.8 Å². The summed E-state index contributed by atoms with van der Waals surface area (Å²) in [4.78, 5) is 26.1. The summed E-state index contributed by atoms with van der Waals surface area (Å²) in [7, 11) is 3.05. The molecule has 0 aliphatic rings. The summed E-state index contributed by atoms with van der Waals surface area (Å²) in [6, 6.07) is 18.0. The lowest BCUT2D eigenvalue weighted by molar-refractivity contribution is 0.100. The maximum absolute atomic E-state index is 13.3. The standard InChI is InChI=1S/C29H29NO5/c1-17-22-13-11-20(30-28(32)18-7-9-19(10-8-18)29(2,3)4)15-25(22)35-27(17)26(31)23-16-21(33-5)12-14-24(23)34-6/h7-16H,1-6H3,(H,30,32). The Kier molecular flexibility index (Phi) is 6.39. The number of carbonyl (C=O) groups excluding carboxylic acids is 2. The summed E-state index contributed by atoms with van der Waals surface area (Å²) in [6.07, 6.45) is 0. The Morgan fingerprint density at radius 2 is 1.60 bits per heavy atom. The second kappa shape index (κ2) is 9.29. The molecular weight excluding hydrogens is 442 g/mol. The molecule has 1 heterocycles. The molecule has 1 amide bonds. The number of nitrogens with one attached hydrogen (secondary N) is 1. The summed E-state index contributed by atoms with van der Waals surface area (Å²) in [6.45, 7) is 8.23. The molecule has 180 valence electrons. The molecule has 1 aromatic heterocycles. The third-order valence-electron chi connectivity index (χ3n) is 6.07. The molecule has 0 aliphatic heterocycles. The number of benzene rings is 3. The van der Waals surface area contributed by atoms with Gasteiger partial charge in [0.25, 0.3) is 5.91 Å². The Labute approximate surface area is 204 Å². The highest BCUT2D eigenvalue weighted by Crippen LogP contribution is 2.33. The predicted octanol–water partition coefficient (Wildman–Crippen LogP) is 6.54. The van der Waals surface area contributed by atoms with E-state index in [0.29, 0.717) is 39.5 Å². The van der Waals surface area contributed by atoms with Crippen LogP contribution in [0.25, 0.3) is 11.0 Å². The molecule has 1 N–H and O–H groups in total. The molecule has 0 unspecified atom stereocenters. The molecule has 0 saturated heterocycles. The maximum atomic E-state index is 13.3. The molecule has 6 heteroatoms. The van der Waals surface area contributed by atoms with Crippen LogP contribution in [-0.4, -0.2) is 25.9 Å². The molecule has 0 saturated carbocycles. The first kappa shape index (κ1) is 24.1. The van der Waals surface area contributed by atoms with Crippen LogP contribution in [0, 0.1) is 6.92 Å². The van der Waals surface area contributed by atoms with Crippen molar-refractivity contribution in [1.82, 2.24) is 0 Å². The van der Waals surface area contributed by atoms with Gasteiger partial charge in [-0.3, -0.25) is 9.59 Å². The normalized spacial score (nSPS) is 11.4. The Balaban J connectivity index is 1.62. The molecule has 0 spiro atoms. The minimum Gasteiger partial charge on any atom is -0.497 e. The summed E-state index contributed by atoms with van der Waals surface area (Å²) in [5.41, 5.74) is 3.89. The number of amides is 1. The lowest BCUT2D eigenvalue weighted by Crippen LogP contribution is -2.14. The number of ether oxygens (including phenoxy) is 2. The van der Waals surface area contributed by atoms with Gasteiger partial charge < -0.3 is 19.2 Å². The van der Waals surface area contributed by atoms with Gasteiger partial charge in [-0.1, -0.05) is 32.9 Å². The van der Waals surface area contributed by atoms with Gasteiger partial charge in [-0.25, -0.2) is 0 Å². The number of hydrogen-bond donors (Lipinski definition) is 1. The molecule has 3 aromatic carbocycles. The van der Waals surface area contributed by atoms with Crippen molar-refractivity contribution in [2.24, 2.45) is 0 Å². The molecule has 0 bridgehead atoms. The third-order valence-corrected chi connectivity index (χ3v) is 6.07. The van der Waals surface area contributed by atoms with Gasteiger partial charge in [0, 0.05) is 28.3 Å². The fourth-order valence-corrected chi connectivity index (χ4v) is 3.96. The van der Waals surface area contributed by atoms with E-state index in [4.69, 9.17) is 13.9 Å². The monoisotopic (exact) mass is 471 g/mol. The fraction of sp³-hybridized carbons (Fsp3) is 0.241. The van der Waals surface area contributed by atoms with E-state index >= 15 is 0 Å². The number of anilines is 1. The molecule has 4 aromatic rings. The fourth-order valence-electron chi connectivity index (χ4n) is 3.96. The summed E-state index contributed by atoms with van der Waals surface area (Å²) in [5, 5.41) is 3.71. The first-order valence-electron chi connectivity index (χ1n) is 11.3. The molecule has 0 fully saturated rings. The smallest absolute Gasteiger partial charge is 0.255 e. The summed E-state index contributed by atoms with van der Waals surface area (Å²) in [5.74, 6) is 0.668.